The van der Waals surface area contributed by atoms with Crippen LogP contribution < -0.4 is 26.6 Å². The number of carbonyl (C=O) groups is 1. The molecule has 0 bridgehead atoms. The van der Waals surface area contributed by atoms with Crippen molar-refractivity contribution in [1.82, 2.24) is 19.7 Å². The van der Waals surface area contributed by atoms with E-state index >= 15 is 0 Å². The van der Waals surface area contributed by atoms with Gasteiger partial charge in [0.15, 0.2) is 24.1 Å². The number of aryl methyl sites for hydroxylation is 1. The molecular weight excluding hydrogens is 530 g/mol. The second kappa shape index (κ2) is 12.3. The lowest BCUT2D eigenvalue weighted by Crippen LogP contribution is -2.19. The van der Waals surface area contributed by atoms with Crippen LogP contribution in [0.2, 0.25) is 0 Å². The number of H-pyrrole nitrogens is 1. The van der Waals surface area contributed by atoms with Crippen molar-refractivity contribution in [1.29, 1.82) is 5.41 Å². The predicted molar refractivity (Wildman–Crippen MR) is 151 cm³/mol. The summed E-state index contributed by atoms with van der Waals surface area (Å²) in [6, 6.07) is 14.7. The summed E-state index contributed by atoms with van der Waals surface area (Å²) in [7, 11) is 1.58. The third-order valence-electron chi connectivity index (χ3n) is 6.24. The van der Waals surface area contributed by atoms with E-state index in [2.05, 4.69) is 15.1 Å². The van der Waals surface area contributed by atoms with Gasteiger partial charge in [-0.05, 0) is 48.7 Å². The standard InChI is InChI=1S/C26H27N7O4.C2H4O2/c1-14-3-8-20(27)25(30-14)33-26(34)31-24(32-33)19(9-15-4-6-16(7-5-15)23(28)29)17-10-18-12-36-13-37-22(18)21(11-17)35-2;1-2(3)4/h3-8,10-11,19H,9,12-13,27H2,1-2H3,(H3,28,29)(H,31,32,34);1H3,(H,3,4). The lowest BCUT2D eigenvalue weighted by Gasteiger charge is -2.23. The van der Waals surface area contributed by atoms with Gasteiger partial charge in [0, 0.05) is 29.7 Å². The Labute approximate surface area is 235 Å². The lowest BCUT2D eigenvalue weighted by molar-refractivity contribution is -0.134. The van der Waals surface area contributed by atoms with Gasteiger partial charge >= 0.3 is 5.69 Å². The number of hydrogen-bond acceptors (Lipinski definition) is 9. The molecule has 2 aromatic carbocycles. The number of nitrogen functional groups attached to an aromatic ring is 2. The highest BCUT2D eigenvalue weighted by Gasteiger charge is 2.26. The molecule has 0 spiro atoms. The first-order valence-electron chi connectivity index (χ1n) is 12.5. The molecule has 0 fully saturated rings. The monoisotopic (exact) mass is 561 g/mol. The van der Waals surface area contributed by atoms with E-state index in [0.29, 0.717) is 47.3 Å². The number of benzene rings is 2. The van der Waals surface area contributed by atoms with Gasteiger partial charge in [-0.3, -0.25) is 15.2 Å². The molecule has 4 aromatic rings. The lowest BCUT2D eigenvalue weighted by atomic mass is 9.89. The number of rotatable bonds is 7. The van der Waals surface area contributed by atoms with Gasteiger partial charge in [0.05, 0.1) is 19.4 Å². The van der Waals surface area contributed by atoms with Crippen molar-refractivity contribution in [2.45, 2.75) is 32.8 Å². The van der Waals surface area contributed by atoms with E-state index in [1.54, 1.807) is 31.4 Å². The van der Waals surface area contributed by atoms with Gasteiger partial charge < -0.3 is 30.8 Å². The molecule has 2 aromatic heterocycles. The predicted octanol–water partition coefficient (Wildman–Crippen LogP) is 2.47. The van der Waals surface area contributed by atoms with Crippen LogP contribution in [0.1, 0.15) is 46.6 Å². The zero-order valence-electron chi connectivity index (χ0n) is 22.8. The number of anilines is 1. The van der Waals surface area contributed by atoms with E-state index < -0.39 is 11.7 Å². The first-order valence-corrected chi connectivity index (χ1v) is 12.5. The second-order valence-electron chi connectivity index (χ2n) is 9.30. The Morgan fingerprint density at radius 2 is 1.95 bits per heavy atom. The Morgan fingerprint density at radius 3 is 2.61 bits per heavy atom. The van der Waals surface area contributed by atoms with Gasteiger partial charge in [0.1, 0.15) is 11.7 Å². The summed E-state index contributed by atoms with van der Waals surface area (Å²) in [5.41, 5.74) is 15.6. The minimum atomic E-state index is -0.833. The molecule has 13 heteroatoms. The average Bonchev–Trinajstić information content (AvgIpc) is 3.33. The number of pyridine rings is 1. The first-order chi connectivity index (χ1) is 19.6. The first kappa shape index (κ1) is 28.8. The van der Waals surface area contributed by atoms with E-state index in [0.717, 1.165) is 23.6 Å². The summed E-state index contributed by atoms with van der Waals surface area (Å²) >= 11 is 0. The number of nitrogens with zero attached hydrogens (tertiary/aromatic N) is 3. The van der Waals surface area contributed by atoms with E-state index in [1.165, 1.54) is 4.68 Å². The molecule has 0 radical (unpaired) electrons. The van der Waals surface area contributed by atoms with Crippen LogP contribution in [0, 0.1) is 12.3 Å². The SMILES string of the molecule is CC(=O)O.COc1cc(C(Cc2ccc(C(=N)N)cc2)c2nn(-c3nc(C)ccc3N)c(=O)[nH]2)cc2c1OCOC2. The summed E-state index contributed by atoms with van der Waals surface area (Å²) in [5, 5.41) is 19.7. The van der Waals surface area contributed by atoms with Crippen LogP contribution in [-0.4, -0.2) is 50.6 Å². The van der Waals surface area contributed by atoms with Gasteiger partial charge in [-0.25, -0.2) is 9.78 Å². The largest absolute Gasteiger partial charge is 0.493 e. The highest BCUT2D eigenvalue weighted by atomic mass is 16.7. The number of nitrogens with one attached hydrogen (secondary N) is 2. The van der Waals surface area contributed by atoms with E-state index in [1.807, 2.05) is 31.2 Å². The van der Waals surface area contributed by atoms with Crippen molar-refractivity contribution < 1.29 is 24.1 Å². The molecule has 0 saturated carbocycles. The van der Waals surface area contributed by atoms with Crippen molar-refractivity contribution in [3.63, 3.8) is 0 Å². The Balaban J connectivity index is 0.000000909. The Morgan fingerprint density at radius 1 is 1.24 bits per heavy atom. The van der Waals surface area contributed by atoms with Gasteiger partial charge in [0.2, 0.25) is 0 Å². The summed E-state index contributed by atoms with van der Waals surface area (Å²) in [6.07, 6.45) is 0.492. The number of aromatic nitrogens is 4. The quantitative estimate of drug-likeness (QED) is 0.165. The topological polar surface area (TPSA) is 204 Å². The van der Waals surface area contributed by atoms with Crippen LogP contribution in [0.15, 0.2) is 53.3 Å². The molecule has 7 N–H and O–H groups in total. The maximum atomic E-state index is 13.0. The molecular formula is C28H31N7O6. The molecule has 1 aliphatic rings. The minimum absolute atomic E-state index is 0.00570. The maximum absolute atomic E-state index is 13.0. The number of carboxylic acids is 1. The second-order valence-corrected chi connectivity index (χ2v) is 9.30. The molecule has 41 heavy (non-hydrogen) atoms. The summed E-state index contributed by atoms with van der Waals surface area (Å²) in [4.78, 5) is 29.3. The van der Waals surface area contributed by atoms with Crippen LogP contribution >= 0.6 is 0 Å². The Hall–Kier alpha value is -5.17. The summed E-state index contributed by atoms with van der Waals surface area (Å²) in [6.45, 7) is 3.42. The van der Waals surface area contributed by atoms with Crippen molar-refractivity contribution in [3.8, 4) is 17.3 Å². The number of amidine groups is 1. The third kappa shape index (κ3) is 6.70. The van der Waals surface area contributed by atoms with Gasteiger partial charge in [-0.2, -0.15) is 4.68 Å². The molecule has 0 saturated heterocycles. The third-order valence-corrected chi connectivity index (χ3v) is 6.24. The number of methoxy groups -OCH3 is 1. The fraction of sp³-hybridized carbons (Fsp3) is 0.250. The Kier molecular flexibility index (Phi) is 8.68. The number of fused-ring (bicyclic) bond motifs is 1. The van der Waals surface area contributed by atoms with Crippen LogP contribution in [0.3, 0.4) is 0 Å². The van der Waals surface area contributed by atoms with Crippen LogP contribution in [0.4, 0.5) is 5.69 Å². The van der Waals surface area contributed by atoms with E-state index in [4.69, 9.17) is 41.0 Å². The number of aromatic amines is 1. The molecule has 214 valence electrons. The molecule has 13 nitrogen and oxygen atoms in total. The fourth-order valence-corrected chi connectivity index (χ4v) is 4.35. The number of ether oxygens (including phenoxy) is 3. The van der Waals surface area contributed by atoms with Crippen molar-refractivity contribution in [2.75, 3.05) is 19.6 Å². The van der Waals surface area contributed by atoms with Crippen LogP contribution in [0.5, 0.6) is 11.5 Å². The number of aliphatic carboxylic acids is 1. The molecule has 0 aliphatic carbocycles. The minimum Gasteiger partial charge on any atom is -0.493 e. The highest BCUT2D eigenvalue weighted by molar-refractivity contribution is 5.94. The molecule has 1 unspecified atom stereocenters. The number of carboxylic acid groups (broad SMARTS) is 1. The molecule has 0 amide bonds. The van der Waals surface area contributed by atoms with Crippen LogP contribution in [0.25, 0.3) is 5.82 Å². The maximum Gasteiger partial charge on any atom is 0.349 e. The van der Waals surface area contributed by atoms with Gasteiger partial charge in [-0.15, -0.1) is 5.10 Å². The molecule has 3 heterocycles. The number of hydrogen-bond donors (Lipinski definition) is 5. The van der Waals surface area contributed by atoms with Crippen LogP contribution in [-0.2, 0) is 22.6 Å². The molecule has 5 rings (SSSR count). The zero-order chi connectivity index (χ0) is 29.7. The van der Waals surface area contributed by atoms with Gasteiger partial charge in [-0.1, -0.05) is 24.3 Å². The van der Waals surface area contributed by atoms with Crippen molar-refractivity contribution >= 4 is 17.5 Å². The van der Waals surface area contributed by atoms with Crippen molar-refractivity contribution in [3.05, 3.63) is 92.8 Å². The normalized spacial score (nSPS) is 12.8. The average molecular weight is 562 g/mol. The van der Waals surface area contributed by atoms with E-state index in [-0.39, 0.29) is 24.4 Å². The molecule has 1 aliphatic heterocycles. The summed E-state index contributed by atoms with van der Waals surface area (Å²) < 4.78 is 18.0. The van der Waals surface area contributed by atoms with Crippen molar-refractivity contribution in [2.24, 2.45) is 5.73 Å². The Bertz CT molecular complexity index is 1610. The summed E-state index contributed by atoms with van der Waals surface area (Å²) in [5.74, 6) is 0.694. The fourth-order valence-electron chi connectivity index (χ4n) is 4.35. The van der Waals surface area contributed by atoms with E-state index in [9.17, 15) is 4.79 Å². The highest BCUT2D eigenvalue weighted by Crippen LogP contribution is 2.39. The zero-order valence-corrected chi connectivity index (χ0v) is 22.8. The molecule has 1 atom stereocenters. The number of nitrogens with two attached hydrogens (primary N) is 2. The van der Waals surface area contributed by atoms with Gasteiger partial charge in [0.25, 0.3) is 5.97 Å². The smallest absolute Gasteiger partial charge is 0.349 e.